The lowest BCUT2D eigenvalue weighted by molar-refractivity contribution is -0.139. The highest BCUT2D eigenvalue weighted by molar-refractivity contribution is 14.1. The number of halogens is 3. The number of hydrogen-bond donors (Lipinski definition) is 1. The summed E-state index contributed by atoms with van der Waals surface area (Å²) in [6, 6.07) is 8.50. The number of aliphatic carboxylic acids is 1. The van der Waals surface area contributed by atoms with Crippen LogP contribution in [0.5, 0.6) is 5.75 Å². The molecule has 0 saturated carbocycles. The average molecular weight is 597 g/mol. The van der Waals surface area contributed by atoms with E-state index in [1.807, 2.05) is 45.2 Å². The molecule has 3 aromatic rings. The lowest BCUT2D eigenvalue weighted by atomic mass is 10.0. The molecule has 0 fully saturated rings. The van der Waals surface area contributed by atoms with Crippen molar-refractivity contribution in [3.05, 3.63) is 59.4 Å². The summed E-state index contributed by atoms with van der Waals surface area (Å²) in [6.07, 6.45) is 0. The highest BCUT2D eigenvalue weighted by Crippen LogP contribution is 2.33. The third-order valence-corrected chi connectivity index (χ3v) is 5.49. The van der Waals surface area contributed by atoms with Gasteiger partial charge in [-0.2, -0.15) is 0 Å². The summed E-state index contributed by atoms with van der Waals surface area (Å²) >= 11 is 10.1. The molecular weight excluding hydrogens is 585 g/mol. The van der Waals surface area contributed by atoms with Crippen LogP contribution in [0.3, 0.4) is 0 Å². The summed E-state index contributed by atoms with van der Waals surface area (Å²) in [6.45, 7) is 1.30. The van der Waals surface area contributed by atoms with E-state index in [-0.39, 0.29) is 5.78 Å². The van der Waals surface area contributed by atoms with Crippen LogP contribution < -0.4 is 4.74 Å². The van der Waals surface area contributed by atoms with Gasteiger partial charge in [0.1, 0.15) is 17.1 Å². The minimum Gasteiger partial charge on any atom is -0.480 e. The van der Waals surface area contributed by atoms with Crippen molar-refractivity contribution >= 4 is 79.5 Å². The first kappa shape index (κ1) is 19.4. The van der Waals surface area contributed by atoms with Gasteiger partial charge in [0, 0.05) is 16.0 Å². The predicted octanol–water partition coefficient (Wildman–Crippen LogP) is 5.30. The summed E-state index contributed by atoms with van der Waals surface area (Å²) in [5.41, 5.74) is 1.53. The average Bonchev–Trinajstić information content (AvgIpc) is 2.88. The van der Waals surface area contributed by atoms with Gasteiger partial charge < -0.3 is 14.3 Å². The second kappa shape index (κ2) is 7.73. The molecule has 26 heavy (non-hydrogen) atoms. The van der Waals surface area contributed by atoms with Gasteiger partial charge in [0.25, 0.3) is 0 Å². The minimum absolute atomic E-state index is 0.191. The Bertz CT molecular complexity index is 1020. The van der Waals surface area contributed by atoms with Gasteiger partial charge in [0.05, 0.1) is 12.7 Å². The monoisotopic (exact) mass is 596 g/mol. The number of carbonyl (C=O) groups is 2. The normalized spacial score (nSPS) is 10.9. The molecule has 0 amide bonds. The number of carbonyl (C=O) groups excluding carboxylic acids is 1. The summed E-state index contributed by atoms with van der Waals surface area (Å²) < 4.78 is 12.3. The van der Waals surface area contributed by atoms with Crippen molar-refractivity contribution < 1.29 is 23.8 Å². The Balaban J connectivity index is 2.05. The Morgan fingerprint density at radius 1 is 1.19 bits per heavy atom. The third kappa shape index (κ3) is 3.84. The molecule has 0 atom stereocenters. The van der Waals surface area contributed by atoms with Crippen molar-refractivity contribution in [3.63, 3.8) is 0 Å². The maximum absolute atomic E-state index is 13.1. The van der Waals surface area contributed by atoms with Gasteiger partial charge in [-0.3, -0.25) is 4.79 Å². The summed E-state index contributed by atoms with van der Waals surface area (Å²) in [5, 5.41) is 9.96. The van der Waals surface area contributed by atoms with Gasteiger partial charge in [-0.15, -0.1) is 0 Å². The van der Waals surface area contributed by atoms with Crippen LogP contribution in [-0.4, -0.2) is 23.5 Å². The van der Waals surface area contributed by atoms with Crippen LogP contribution in [-0.2, 0) is 4.79 Å². The van der Waals surface area contributed by atoms with E-state index < -0.39 is 12.6 Å². The summed E-state index contributed by atoms with van der Waals surface area (Å²) in [5.74, 6) is -0.288. The van der Waals surface area contributed by atoms with Crippen molar-refractivity contribution in [3.8, 4) is 5.75 Å². The van der Waals surface area contributed by atoms with Gasteiger partial charge in [-0.25, -0.2) is 4.79 Å². The number of benzene rings is 2. The molecule has 1 heterocycles. The first-order valence-electron chi connectivity index (χ1n) is 7.35. The van der Waals surface area contributed by atoms with E-state index in [1.165, 1.54) is 0 Å². The predicted molar refractivity (Wildman–Crippen MR) is 114 cm³/mol. The second-order valence-corrected chi connectivity index (χ2v) is 8.22. The van der Waals surface area contributed by atoms with E-state index >= 15 is 0 Å². The van der Waals surface area contributed by atoms with Crippen LogP contribution in [0.1, 0.15) is 21.7 Å². The molecule has 0 radical (unpaired) electrons. The first-order chi connectivity index (χ1) is 12.3. The van der Waals surface area contributed by atoms with Crippen molar-refractivity contribution in [1.29, 1.82) is 0 Å². The molecular formula is C18H11ClI2O5. The molecule has 0 bridgehead atoms. The van der Waals surface area contributed by atoms with Gasteiger partial charge in [0.15, 0.2) is 12.4 Å². The van der Waals surface area contributed by atoms with E-state index in [2.05, 4.69) is 0 Å². The van der Waals surface area contributed by atoms with E-state index in [0.717, 1.165) is 0 Å². The quantitative estimate of drug-likeness (QED) is 0.320. The van der Waals surface area contributed by atoms with E-state index in [9.17, 15) is 9.59 Å². The zero-order chi connectivity index (χ0) is 19.0. The van der Waals surface area contributed by atoms with Crippen LogP contribution >= 0.6 is 56.8 Å². The molecule has 0 unspecified atom stereocenters. The molecule has 1 N–H and O–H groups in total. The fraction of sp³-hybridized carbons (Fsp3) is 0.111. The Kier molecular flexibility index (Phi) is 5.78. The maximum Gasteiger partial charge on any atom is 0.341 e. The molecule has 0 aliphatic rings. The van der Waals surface area contributed by atoms with Gasteiger partial charge in [-0.1, -0.05) is 11.6 Å². The van der Waals surface area contributed by atoms with Crippen LogP contribution in [0.4, 0.5) is 0 Å². The van der Waals surface area contributed by atoms with E-state index in [1.54, 1.807) is 37.3 Å². The number of aryl methyl sites for hydroxylation is 1. The topological polar surface area (TPSA) is 76.7 Å². The Morgan fingerprint density at radius 3 is 2.46 bits per heavy atom. The first-order valence-corrected chi connectivity index (χ1v) is 9.88. The van der Waals surface area contributed by atoms with Crippen molar-refractivity contribution in [2.24, 2.45) is 0 Å². The van der Waals surface area contributed by atoms with Crippen LogP contribution in [0, 0.1) is 14.1 Å². The van der Waals surface area contributed by atoms with Crippen LogP contribution in [0.25, 0.3) is 11.0 Å². The zero-order valence-corrected chi connectivity index (χ0v) is 18.4. The van der Waals surface area contributed by atoms with Crippen LogP contribution in [0.15, 0.2) is 34.7 Å². The molecule has 3 rings (SSSR count). The highest BCUT2D eigenvalue weighted by atomic mass is 127. The number of ether oxygens (including phenoxy) is 1. The molecule has 5 nitrogen and oxygen atoms in total. The van der Waals surface area contributed by atoms with Gasteiger partial charge in [0.2, 0.25) is 0 Å². The summed E-state index contributed by atoms with van der Waals surface area (Å²) in [4.78, 5) is 23.8. The standard InChI is InChI=1S/C18H11ClI2O5/c1-8-16(11-6-10(19)2-3-14(11)26-8)17(24)9-4-12(20)18(13(21)5-9)25-7-15(22)23/h2-6H,7H2,1H3,(H,22,23). The fourth-order valence-corrected chi connectivity index (χ4v) is 4.83. The largest absolute Gasteiger partial charge is 0.480 e. The molecule has 134 valence electrons. The number of rotatable bonds is 5. The zero-order valence-electron chi connectivity index (χ0n) is 13.3. The Labute approximate surface area is 180 Å². The molecule has 2 aromatic carbocycles. The second-order valence-electron chi connectivity index (χ2n) is 5.45. The number of carboxylic acid groups (broad SMARTS) is 1. The van der Waals surface area contributed by atoms with Gasteiger partial charge in [-0.05, 0) is 82.4 Å². The number of ketones is 1. The lowest BCUT2D eigenvalue weighted by Gasteiger charge is -2.10. The minimum atomic E-state index is -1.06. The van der Waals surface area contributed by atoms with Crippen molar-refractivity contribution in [2.45, 2.75) is 6.92 Å². The Hall–Kier alpha value is -1.33. The molecule has 0 spiro atoms. The summed E-state index contributed by atoms with van der Waals surface area (Å²) in [7, 11) is 0. The highest BCUT2D eigenvalue weighted by Gasteiger charge is 2.22. The van der Waals surface area contributed by atoms with Crippen LogP contribution in [0.2, 0.25) is 5.02 Å². The molecule has 0 aliphatic heterocycles. The SMILES string of the molecule is Cc1oc2ccc(Cl)cc2c1C(=O)c1cc(I)c(OCC(=O)O)c(I)c1. The van der Waals surface area contributed by atoms with Gasteiger partial charge >= 0.3 is 5.97 Å². The number of carboxylic acids is 1. The van der Waals surface area contributed by atoms with Crippen molar-refractivity contribution in [2.75, 3.05) is 6.61 Å². The number of fused-ring (bicyclic) bond motifs is 1. The molecule has 8 heteroatoms. The van der Waals surface area contributed by atoms with E-state index in [0.29, 0.717) is 45.8 Å². The van der Waals surface area contributed by atoms with E-state index in [4.69, 9.17) is 25.9 Å². The molecule has 1 aromatic heterocycles. The third-order valence-electron chi connectivity index (χ3n) is 3.65. The Morgan fingerprint density at radius 2 is 1.85 bits per heavy atom. The molecule has 0 saturated heterocycles. The fourth-order valence-electron chi connectivity index (χ4n) is 2.58. The smallest absolute Gasteiger partial charge is 0.341 e. The van der Waals surface area contributed by atoms with Crippen molar-refractivity contribution in [1.82, 2.24) is 0 Å². The lowest BCUT2D eigenvalue weighted by Crippen LogP contribution is -2.12. The maximum atomic E-state index is 13.1. The number of hydrogen-bond acceptors (Lipinski definition) is 4. The number of furan rings is 1. The molecule has 0 aliphatic carbocycles.